The standard InChI is InChI=1S/C6H15NO.ClH/c1-4-6(8)5-7(2)3;/h6,8H,4-5H2,1-3H3;1H. The lowest BCUT2D eigenvalue weighted by molar-refractivity contribution is 0.133. The molecule has 1 N–H and O–H groups in total. The third-order valence-electron chi connectivity index (χ3n) is 1.05. The first-order chi connectivity index (χ1) is 3.66. The van der Waals surface area contributed by atoms with E-state index < -0.39 is 0 Å². The molecule has 9 heavy (non-hydrogen) atoms. The Morgan fingerprint density at radius 3 is 2.00 bits per heavy atom. The van der Waals surface area contributed by atoms with Crippen molar-refractivity contribution >= 4 is 12.4 Å². The van der Waals surface area contributed by atoms with Crippen molar-refractivity contribution in [2.24, 2.45) is 0 Å². The predicted molar refractivity (Wildman–Crippen MR) is 42.1 cm³/mol. The largest absolute Gasteiger partial charge is 0.392 e. The summed E-state index contributed by atoms with van der Waals surface area (Å²) in [6.07, 6.45) is 0.697. The normalized spacial score (nSPS) is 13.0. The van der Waals surface area contributed by atoms with Crippen LogP contribution >= 0.6 is 12.4 Å². The number of aliphatic hydroxyl groups excluding tert-OH is 1. The van der Waals surface area contributed by atoms with Gasteiger partial charge < -0.3 is 10.0 Å². The number of nitrogens with zero attached hydrogens (tertiary/aromatic N) is 1. The molecule has 1 unspecified atom stereocenters. The minimum Gasteiger partial charge on any atom is -0.392 e. The summed E-state index contributed by atoms with van der Waals surface area (Å²) in [5.41, 5.74) is 0. The molecule has 0 bridgehead atoms. The molecule has 0 amide bonds. The van der Waals surface area contributed by atoms with E-state index in [2.05, 4.69) is 0 Å². The Morgan fingerprint density at radius 2 is 1.89 bits per heavy atom. The highest BCUT2D eigenvalue weighted by Gasteiger charge is 1.99. The second-order valence-electron chi connectivity index (χ2n) is 2.32. The van der Waals surface area contributed by atoms with Gasteiger partial charge in [0.25, 0.3) is 0 Å². The van der Waals surface area contributed by atoms with Crippen LogP contribution in [0.15, 0.2) is 0 Å². The van der Waals surface area contributed by atoms with Crippen molar-refractivity contribution in [1.29, 1.82) is 0 Å². The Bertz CT molecular complexity index is 59.0. The van der Waals surface area contributed by atoms with Crippen LogP contribution in [0.2, 0.25) is 0 Å². The quantitative estimate of drug-likeness (QED) is 0.647. The maximum absolute atomic E-state index is 8.99. The van der Waals surface area contributed by atoms with E-state index >= 15 is 0 Å². The second-order valence-corrected chi connectivity index (χ2v) is 2.32. The van der Waals surface area contributed by atoms with Crippen LogP contribution in [0, 0.1) is 0 Å². The molecular formula is C6H16ClNO. The summed E-state index contributed by atoms with van der Waals surface area (Å²) in [6, 6.07) is 0. The smallest absolute Gasteiger partial charge is 0.0664 e. The van der Waals surface area contributed by atoms with Crippen LogP contribution in [0.25, 0.3) is 0 Å². The molecule has 0 heterocycles. The zero-order valence-electron chi connectivity index (χ0n) is 6.29. The van der Waals surface area contributed by atoms with Gasteiger partial charge >= 0.3 is 0 Å². The number of halogens is 1. The van der Waals surface area contributed by atoms with E-state index in [1.165, 1.54) is 0 Å². The van der Waals surface area contributed by atoms with Gasteiger partial charge in [-0.1, -0.05) is 6.92 Å². The molecule has 0 fully saturated rings. The highest BCUT2D eigenvalue weighted by molar-refractivity contribution is 5.85. The van der Waals surface area contributed by atoms with Crippen LogP contribution in [-0.2, 0) is 0 Å². The minimum atomic E-state index is -0.148. The van der Waals surface area contributed by atoms with Crippen molar-refractivity contribution in [3.8, 4) is 0 Å². The molecule has 0 aliphatic heterocycles. The van der Waals surface area contributed by atoms with E-state index in [-0.39, 0.29) is 18.5 Å². The van der Waals surface area contributed by atoms with E-state index in [9.17, 15) is 0 Å². The van der Waals surface area contributed by atoms with Gasteiger partial charge in [0.05, 0.1) is 6.10 Å². The molecule has 1 atom stereocenters. The average molecular weight is 154 g/mol. The lowest BCUT2D eigenvalue weighted by Crippen LogP contribution is -2.24. The monoisotopic (exact) mass is 153 g/mol. The molecule has 0 spiro atoms. The summed E-state index contributed by atoms with van der Waals surface area (Å²) in [6.45, 7) is 2.75. The van der Waals surface area contributed by atoms with Crippen molar-refractivity contribution in [2.45, 2.75) is 19.4 Å². The minimum absolute atomic E-state index is 0. The Balaban J connectivity index is 0. The third kappa shape index (κ3) is 8.21. The van der Waals surface area contributed by atoms with Crippen LogP contribution < -0.4 is 0 Å². The molecule has 0 aromatic heterocycles. The van der Waals surface area contributed by atoms with Crippen LogP contribution in [-0.4, -0.2) is 36.8 Å². The van der Waals surface area contributed by atoms with Crippen LogP contribution in [0.4, 0.5) is 0 Å². The molecule has 0 radical (unpaired) electrons. The first-order valence-corrected chi connectivity index (χ1v) is 2.99. The molecule has 3 heteroatoms. The van der Waals surface area contributed by atoms with E-state index in [4.69, 9.17) is 5.11 Å². The first kappa shape index (κ1) is 11.9. The van der Waals surface area contributed by atoms with Gasteiger partial charge in [-0.2, -0.15) is 0 Å². The summed E-state index contributed by atoms with van der Waals surface area (Å²) < 4.78 is 0. The Hall–Kier alpha value is 0.210. The summed E-state index contributed by atoms with van der Waals surface area (Å²) in [5.74, 6) is 0. The van der Waals surface area contributed by atoms with Crippen molar-refractivity contribution in [3.63, 3.8) is 0 Å². The second kappa shape index (κ2) is 6.33. The average Bonchev–Trinajstić information content (AvgIpc) is 1.65. The number of hydrogen-bond donors (Lipinski definition) is 1. The van der Waals surface area contributed by atoms with Crippen LogP contribution in [0.3, 0.4) is 0 Å². The maximum Gasteiger partial charge on any atom is 0.0664 e. The van der Waals surface area contributed by atoms with Crippen molar-refractivity contribution in [2.75, 3.05) is 20.6 Å². The van der Waals surface area contributed by atoms with Crippen molar-refractivity contribution < 1.29 is 5.11 Å². The Kier molecular flexibility index (Phi) is 8.40. The summed E-state index contributed by atoms with van der Waals surface area (Å²) in [5, 5.41) is 8.99. The fraction of sp³-hybridized carbons (Fsp3) is 1.00. The van der Waals surface area contributed by atoms with Crippen LogP contribution in [0.1, 0.15) is 13.3 Å². The van der Waals surface area contributed by atoms with Gasteiger partial charge in [-0.25, -0.2) is 0 Å². The fourth-order valence-corrected chi connectivity index (χ4v) is 0.551. The van der Waals surface area contributed by atoms with Gasteiger partial charge in [0.15, 0.2) is 0 Å². The zero-order chi connectivity index (χ0) is 6.57. The highest BCUT2D eigenvalue weighted by Crippen LogP contribution is 1.89. The van der Waals surface area contributed by atoms with Gasteiger partial charge in [0.2, 0.25) is 0 Å². The summed E-state index contributed by atoms with van der Waals surface area (Å²) in [4.78, 5) is 1.98. The molecule has 0 saturated heterocycles. The topological polar surface area (TPSA) is 23.5 Å². The van der Waals surface area contributed by atoms with Crippen molar-refractivity contribution in [3.05, 3.63) is 0 Å². The van der Waals surface area contributed by atoms with Crippen LogP contribution in [0.5, 0.6) is 0 Å². The van der Waals surface area contributed by atoms with Gasteiger partial charge in [-0.15, -0.1) is 12.4 Å². The summed E-state index contributed by atoms with van der Waals surface area (Å²) >= 11 is 0. The molecule has 2 nitrogen and oxygen atoms in total. The molecule has 0 aromatic carbocycles. The number of rotatable bonds is 3. The van der Waals surface area contributed by atoms with E-state index in [1.54, 1.807) is 0 Å². The lowest BCUT2D eigenvalue weighted by Gasteiger charge is -2.13. The van der Waals surface area contributed by atoms with E-state index in [1.807, 2.05) is 25.9 Å². The number of hydrogen-bond acceptors (Lipinski definition) is 2. The predicted octanol–water partition coefficient (Wildman–Crippen LogP) is 0.741. The molecule has 0 saturated carbocycles. The highest BCUT2D eigenvalue weighted by atomic mass is 35.5. The SMILES string of the molecule is CCC(O)CN(C)C.Cl. The lowest BCUT2D eigenvalue weighted by atomic mass is 10.3. The molecule has 0 aliphatic carbocycles. The fourth-order valence-electron chi connectivity index (χ4n) is 0.551. The van der Waals surface area contributed by atoms with E-state index in [0.29, 0.717) is 0 Å². The van der Waals surface area contributed by atoms with Gasteiger partial charge in [-0.05, 0) is 20.5 Å². The van der Waals surface area contributed by atoms with Gasteiger partial charge in [0, 0.05) is 6.54 Å². The molecular weight excluding hydrogens is 138 g/mol. The first-order valence-electron chi connectivity index (χ1n) is 2.99. The van der Waals surface area contributed by atoms with E-state index in [0.717, 1.165) is 13.0 Å². The van der Waals surface area contributed by atoms with Gasteiger partial charge in [-0.3, -0.25) is 0 Å². The summed E-state index contributed by atoms with van der Waals surface area (Å²) in [7, 11) is 3.91. The number of aliphatic hydroxyl groups is 1. The molecule has 0 aromatic rings. The molecule has 0 aliphatic rings. The van der Waals surface area contributed by atoms with Crippen molar-refractivity contribution in [1.82, 2.24) is 4.90 Å². The molecule has 58 valence electrons. The van der Waals surface area contributed by atoms with Gasteiger partial charge in [0.1, 0.15) is 0 Å². The maximum atomic E-state index is 8.99. The Labute approximate surface area is 63.3 Å². The zero-order valence-corrected chi connectivity index (χ0v) is 7.11. The Morgan fingerprint density at radius 1 is 1.44 bits per heavy atom. The third-order valence-corrected chi connectivity index (χ3v) is 1.05. The number of likely N-dealkylation sites (N-methyl/N-ethyl adjacent to an activating group) is 1. The molecule has 0 rings (SSSR count).